The smallest absolute Gasteiger partial charge is 0.307 e. The Morgan fingerprint density at radius 1 is 1.14 bits per heavy atom. The predicted octanol–water partition coefficient (Wildman–Crippen LogP) is 4.93. The highest BCUT2D eigenvalue weighted by Crippen LogP contribution is 2.47. The second-order valence-corrected chi connectivity index (χ2v) is 7.77. The lowest BCUT2D eigenvalue weighted by molar-refractivity contribution is -0.144. The fourth-order valence-electron chi connectivity index (χ4n) is 3.62. The van der Waals surface area contributed by atoms with Crippen LogP contribution < -0.4 is 0 Å². The first-order valence-electron chi connectivity index (χ1n) is 8.00. The van der Waals surface area contributed by atoms with E-state index in [0.717, 1.165) is 19.3 Å². The van der Waals surface area contributed by atoms with Gasteiger partial charge in [-0.2, -0.15) is 0 Å². The lowest BCUT2D eigenvalue weighted by atomic mass is 9.64. The first-order chi connectivity index (χ1) is 9.70. The minimum Gasteiger partial charge on any atom is -0.481 e. The fraction of sp³-hybridized carbons (Fsp3) is 0.632. The van der Waals surface area contributed by atoms with Crippen LogP contribution in [0.4, 0.5) is 0 Å². The monoisotopic (exact) mass is 288 g/mol. The molecule has 0 aliphatic heterocycles. The van der Waals surface area contributed by atoms with Crippen molar-refractivity contribution < 1.29 is 9.90 Å². The summed E-state index contributed by atoms with van der Waals surface area (Å²) in [6.45, 7) is 11.0. The topological polar surface area (TPSA) is 37.3 Å². The predicted molar refractivity (Wildman–Crippen MR) is 86.6 cm³/mol. The third kappa shape index (κ3) is 3.48. The number of hydrogen-bond acceptors (Lipinski definition) is 1. The zero-order chi connectivity index (χ0) is 15.8. The molecule has 2 nitrogen and oxygen atoms in total. The van der Waals surface area contributed by atoms with Crippen molar-refractivity contribution >= 4 is 5.97 Å². The molecule has 1 fully saturated rings. The van der Waals surface area contributed by atoms with Crippen molar-refractivity contribution in [2.45, 2.75) is 59.8 Å². The van der Waals surface area contributed by atoms with Gasteiger partial charge in [-0.3, -0.25) is 4.79 Å². The normalized spacial score (nSPS) is 26.6. The summed E-state index contributed by atoms with van der Waals surface area (Å²) in [5.74, 6) is -0.115. The molecule has 2 heteroatoms. The van der Waals surface area contributed by atoms with Crippen molar-refractivity contribution in [2.24, 2.45) is 17.3 Å². The molecule has 21 heavy (non-hydrogen) atoms. The molecule has 2 rings (SSSR count). The maximum Gasteiger partial charge on any atom is 0.307 e. The zero-order valence-electron chi connectivity index (χ0n) is 13.9. The molecule has 1 N–H and O–H groups in total. The Balaban J connectivity index is 2.33. The molecule has 3 atom stereocenters. The van der Waals surface area contributed by atoms with Crippen molar-refractivity contribution in [3.63, 3.8) is 0 Å². The van der Waals surface area contributed by atoms with E-state index in [2.05, 4.69) is 52.8 Å². The van der Waals surface area contributed by atoms with Crippen LogP contribution in [0, 0.1) is 31.1 Å². The van der Waals surface area contributed by atoms with Gasteiger partial charge in [0.2, 0.25) is 0 Å². The van der Waals surface area contributed by atoms with E-state index < -0.39 is 5.97 Å². The molecule has 3 unspecified atom stereocenters. The molecular formula is C19H28O2. The van der Waals surface area contributed by atoms with Crippen LogP contribution in [0.3, 0.4) is 0 Å². The van der Waals surface area contributed by atoms with Gasteiger partial charge in [0.25, 0.3) is 0 Å². The van der Waals surface area contributed by atoms with Gasteiger partial charge >= 0.3 is 5.97 Å². The van der Waals surface area contributed by atoms with Gasteiger partial charge < -0.3 is 5.11 Å². The second-order valence-electron chi connectivity index (χ2n) is 7.77. The van der Waals surface area contributed by atoms with E-state index in [0.29, 0.717) is 5.92 Å². The Kier molecular flexibility index (Phi) is 4.46. The van der Waals surface area contributed by atoms with Gasteiger partial charge in [0, 0.05) is 0 Å². The van der Waals surface area contributed by atoms with Crippen LogP contribution >= 0.6 is 0 Å². The number of rotatable bonds is 2. The zero-order valence-corrected chi connectivity index (χ0v) is 13.9. The Hall–Kier alpha value is -1.31. The Bertz CT molecular complexity index is 525. The molecule has 1 aliphatic rings. The van der Waals surface area contributed by atoms with Crippen molar-refractivity contribution in [3.8, 4) is 0 Å². The van der Waals surface area contributed by atoms with Crippen molar-refractivity contribution in [1.29, 1.82) is 0 Å². The van der Waals surface area contributed by atoms with Gasteiger partial charge in [0.1, 0.15) is 0 Å². The molecule has 1 aromatic rings. The maximum absolute atomic E-state index is 11.6. The molecule has 0 spiro atoms. The first-order valence-corrected chi connectivity index (χ1v) is 8.00. The molecule has 1 aliphatic carbocycles. The summed E-state index contributed by atoms with van der Waals surface area (Å²) in [6.07, 6.45) is 2.82. The summed E-state index contributed by atoms with van der Waals surface area (Å²) in [5, 5.41) is 9.58. The van der Waals surface area contributed by atoms with Crippen molar-refractivity contribution in [1.82, 2.24) is 0 Å². The average molecular weight is 288 g/mol. The van der Waals surface area contributed by atoms with E-state index in [1.54, 1.807) is 0 Å². The van der Waals surface area contributed by atoms with Gasteiger partial charge in [-0.25, -0.2) is 0 Å². The lowest BCUT2D eigenvalue weighted by Crippen LogP contribution is -2.34. The van der Waals surface area contributed by atoms with E-state index >= 15 is 0 Å². The van der Waals surface area contributed by atoms with Gasteiger partial charge in [-0.05, 0) is 67.1 Å². The van der Waals surface area contributed by atoms with Gasteiger partial charge in [0.05, 0.1) is 5.92 Å². The van der Waals surface area contributed by atoms with Crippen molar-refractivity contribution in [2.75, 3.05) is 0 Å². The first kappa shape index (κ1) is 16.1. The molecule has 0 heterocycles. The van der Waals surface area contributed by atoms with Crippen LogP contribution in [0.15, 0.2) is 18.2 Å². The van der Waals surface area contributed by atoms with Crippen molar-refractivity contribution in [3.05, 3.63) is 34.9 Å². The molecule has 0 aromatic heterocycles. The Morgan fingerprint density at radius 2 is 1.81 bits per heavy atom. The SMILES string of the molecule is Cc1ccc(C2CC(C(C)(C)C)CCC2C(=O)O)cc1C. The standard InChI is InChI=1S/C19H28O2/c1-12-6-7-14(10-13(12)2)17-11-15(19(3,4)5)8-9-16(17)18(20)21/h6-7,10,15-17H,8-9,11H2,1-5H3,(H,20,21). The quantitative estimate of drug-likeness (QED) is 0.837. The molecule has 116 valence electrons. The minimum absolute atomic E-state index is 0.153. The van der Waals surface area contributed by atoms with Crippen LogP contribution in [0.5, 0.6) is 0 Å². The Labute approximate surface area is 128 Å². The van der Waals surface area contributed by atoms with Gasteiger partial charge in [-0.15, -0.1) is 0 Å². The van der Waals surface area contributed by atoms with E-state index in [4.69, 9.17) is 0 Å². The summed E-state index contributed by atoms with van der Waals surface area (Å²) in [4.78, 5) is 11.6. The molecular weight excluding hydrogens is 260 g/mol. The minimum atomic E-state index is -0.634. The number of aliphatic carboxylic acids is 1. The van der Waals surface area contributed by atoms with E-state index in [1.165, 1.54) is 16.7 Å². The lowest BCUT2D eigenvalue weighted by Gasteiger charge is -2.40. The van der Waals surface area contributed by atoms with Gasteiger partial charge in [0.15, 0.2) is 0 Å². The van der Waals surface area contributed by atoms with Crippen LogP contribution in [0.1, 0.15) is 62.6 Å². The highest BCUT2D eigenvalue weighted by Gasteiger charge is 2.39. The number of carboxylic acid groups (broad SMARTS) is 1. The molecule has 1 aromatic carbocycles. The fourth-order valence-corrected chi connectivity index (χ4v) is 3.62. The largest absolute Gasteiger partial charge is 0.481 e. The third-order valence-electron chi connectivity index (χ3n) is 5.35. The highest BCUT2D eigenvalue weighted by atomic mass is 16.4. The molecule has 0 radical (unpaired) electrons. The summed E-state index contributed by atoms with van der Waals surface area (Å²) >= 11 is 0. The number of hydrogen-bond donors (Lipinski definition) is 1. The summed E-state index contributed by atoms with van der Waals surface area (Å²) < 4.78 is 0. The van der Waals surface area contributed by atoms with Crippen LogP contribution in [0.25, 0.3) is 0 Å². The summed E-state index contributed by atoms with van der Waals surface area (Å²) in [7, 11) is 0. The van der Waals surface area contributed by atoms with Crippen LogP contribution in [0.2, 0.25) is 0 Å². The van der Waals surface area contributed by atoms with Gasteiger partial charge in [-0.1, -0.05) is 39.0 Å². The average Bonchev–Trinajstić information content (AvgIpc) is 2.40. The van der Waals surface area contributed by atoms with E-state index in [1.807, 2.05) is 0 Å². The molecule has 0 saturated heterocycles. The third-order valence-corrected chi connectivity index (χ3v) is 5.35. The van der Waals surface area contributed by atoms with Crippen LogP contribution in [-0.2, 0) is 4.79 Å². The number of aryl methyl sites for hydroxylation is 2. The highest BCUT2D eigenvalue weighted by molar-refractivity contribution is 5.71. The number of carbonyl (C=O) groups is 1. The van der Waals surface area contributed by atoms with E-state index in [9.17, 15) is 9.90 Å². The molecule has 0 amide bonds. The molecule has 0 bridgehead atoms. The maximum atomic E-state index is 11.6. The Morgan fingerprint density at radius 3 is 2.33 bits per heavy atom. The van der Waals surface area contributed by atoms with E-state index in [-0.39, 0.29) is 17.3 Å². The summed E-state index contributed by atoms with van der Waals surface area (Å²) in [6, 6.07) is 6.46. The van der Waals surface area contributed by atoms with Crippen LogP contribution in [-0.4, -0.2) is 11.1 Å². The number of benzene rings is 1. The summed E-state index contributed by atoms with van der Waals surface area (Å²) in [5.41, 5.74) is 3.99. The second kappa shape index (κ2) is 5.82. The molecule has 1 saturated carbocycles. The number of carboxylic acids is 1.